The summed E-state index contributed by atoms with van der Waals surface area (Å²) in [5.41, 5.74) is -0.177. The molecule has 0 spiro atoms. The third kappa shape index (κ3) is 3.45. The van der Waals surface area contributed by atoms with Gasteiger partial charge in [-0.15, -0.1) is 11.8 Å². The van der Waals surface area contributed by atoms with Gasteiger partial charge < -0.3 is 4.74 Å². The number of aromatic nitrogens is 1. The van der Waals surface area contributed by atoms with Crippen LogP contribution < -0.4 is 4.74 Å². The van der Waals surface area contributed by atoms with Crippen molar-refractivity contribution in [1.29, 1.82) is 0 Å². The maximum Gasteiger partial charge on any atom is 0.332 e. The summed E-state index contributed by atoms with van der Waals surface area (Å²) in [6.07, 6.45) is 3.43. The summed E-state index contributed by atoms with van der Waals surface area (Å²) >= 11 is 4.75. The normalized spacial score (nSPS) is 10.2. The van der Waals surface area contributed by atoms with Crippen molar-refractivity contribution < 1.29 is 9.66 Å². The molecule has 2 rings (SSSR count). The topological polar surface area (TPSA) is 65.3 Å². The Bertz CT molecular complexity index is 604. The number of rotatable bonds is 4. The van der Waals surface area contributed by atoms with Crippen LogP contribution >= 0.6 is 27.7 Å². The number of halogens is 1. The Morgan fingerprint density at radius 1 is 1.37 bits per heavy atom. The van der Waals surface area contributed by atoms with E-state index in [9.17, 15) is 10.1 Å². The van der Waals surface area contributed by atoms with Crippen LogP contribution in [0.3, 0.4) is 0 Å². The minimum absolute atomic E-state index is 0.0231. The van der Waals surface area contributed by atoms with Crippen molar-refractivity contribution in [1.82, 2.24) is 4.98 Å². The third-order valence-corrected chi connectivity index (χ3v) is 3.45. The molecule has 0 saturated carbocycles. The van der Waals surface area contributed by atoms with Crippen LogP contribution in [0.15, 0.2) is 45.9 Å². The number of ether oxygens (including phenoxy) is 1. The Morgan fingerprint density at radius 2 is 2.05 bits per heavy atom. The van der Waals surface area contributed by atoms with E-state index in [0.29, 0.717) is 10.2 Å². The first-order valence-corrected chi connectivity index (χ1v) is 7.24. The molecular formula is C12H9BrN2O3S. The van der Waals surface area contributed by atoms with Gasteiger partial charge in [0.2, 0.25) is 0 Å². The lowest BCUT2D eigenvalue weighted by Crippen LogP contribution is -1.96. The molecule has 0 saturated heterocycles. The molecule has 7 heteroatoms. The highest BCUT2D eigenvalue weighted by Gasteiger charge is 2.18. The zero-order chi connectivity index (χ0) is 13.8. The summed E-state index contributed by atoms with van der Waals surface area (Å²) in [5, 5.41) is 10.9. The van der Waals surface area contributed by atoms with E-state index in [1.807, 2.05) is 18.4 Å². The van der Waals surface area contributed by atoms with Gasteiger partial charge in [0.15, 0.2) is 0 Å². The Balaban J connectivity index is 2.29. The number of thioether (sulfide) groups is 1. The van der Waals surface area contributed by atoms with Gasteiger partial charge in [-0.1, -0.05) is 0 Å². The Labute approximate surface area is 122 Å². The molecule has 1 aromatic carbocycles. The summed E-state index contributed by atoms with van der Waals surface area (Å²) in [6, 6.07) is 8.62. The van der Waals surface area contributed by atoms with Gasteiger partial charge in [-0.25, -0.2) is 4.98 Å². The molecule has 1 aromatic heterocycles. The second-order valence-corrected chi connectivity index (χ2v) is 5.31. The van der Waals surface area contributed by atoms with Crippen molar-refractivity contribution in [3.05, 3.63) is 51.1 Å². The first-order chi connectivity index (χ1) is 9.10. The van der Waals surface area contributed by atoms with Crippen LogP contribution in [0.4, 0.5) is 5.69 Å². The first kappa shape index (κ1) is 13.8. The van der Waals surface area contributed by atoms with Crippen molar-refractivity contribution in [3.63, 3.8) is 0 Å². The fourth-order valence-corrected chi connectivity index (χ4v) is 2.11. The predicted octanol–water partition coefficient (Wildman–Crippen LogP) is 4.27. The summed E-state index contributed by atoms with van der Waals surface area (Å²) in [4.78, 5) is 15.4. The molecule has 1 heterocycles. The van der Waals surface area contributed by atoms with Crippen molar-refractivity contribution in [2.75, 3.05) is 6.26 Å². The monoisotopic (exact) mass is 340 g/mol. The van der Waals surface area contributed by atoms with Crippen LogP contribution in [-0.4, -0.2) is 16.2 Å². The number of hydrogen-bond acceptors (Lipinski definition) is 5. The van der Waals surface area contributed by atoms with E-state index < -0.39 is 4.92 Å². The molecule has 0 amide bonds. The van der Waals surface area contributed by atoms with Crippen molar-refractivity contribution >= 4 is 33.4 Å². The summed E-state index contributed by atoms with van der Waals surface area (Å²) in [7, 11) is 0. The van der Waals surface area contributed by atoms with Crippen LogP contribution in [0.25, 0.3) is 0 Å². The molecule has 0 N–H and O–H groups in total. The average molecular weight is 341 g/mol. The average Bonchev–Trinajstić information content (AvgIpc) is 2.41. The maximum absolute atomic E-state index is 10.9. The zero-order valence-corrected chi connectivity index (χ0v) is 12.3. The highest BCUT2D eigenvalue weighted by Crippen LogP contribution is 2.31. The Morgan fingerprint density at radius 3 is 2.63 bits per heavy atom. The third-order valence-electron chi connectivity index (χ3n) is 2.27. The summed E-state index contributed by atoms with van der Waals surface area (Å²) in [5.74, 6) is 0.487. The molecular weight excluding hydrogens is 332 g/mol. The van der Waals surface area contributed by atoms with E-state index in [1.165, 1.54) is 12.3 Å². The van der Waals surface area contributed by atoms with Gasteiger partial charge in [-0.3, -0.25) is 10.1 Å². The lowest BCUT2D eigenvalue weighted by molar-refractivity contribution is -0.386. The predicted molar refractivity (Wildman–Crippen MR) is 76.9 cm³/mol. The summed E-state index contributed by atoms with van der Waals surface area (Å²) in [6.45, 7) is 0. The quantitative estimate of drug-likeness (QED) is 0.472. The molecule has 0 aliphatic rings. The van der Waals surface area contributed by atoms with E-state index in [1.54, 1.807) is 23.9 Å². The molecule has 98 valence electrons. The number of benzene rings is 1. The van der Waals surface area contributed by atoms with Gasteiger partial charge in [0.25, 0.3) is 5.88 Å². The van der Waals surface area contributed by atoms with Gasteiger partial charge >= 0.3 is 5.69 Å². The van der Waals surface area contributed by atoms with E-state index in [-0.39, 0.29) is 11.6 Å². The van der Waals surface area contributed by atoms with E-state index in [0.717, 1.165) is 4.90 Å². The van der Waals surface area contributed by atoms with Gasteiger partial charge in [-0.05, 0) is 46.5 Å². The Hall–Kier alpha value is -1.60. The molecule has 19 heavy (non-hydrogen) atoms. The van der Waals surface area contributed by atoms with Gasteiger partial charge in [0, 0.05) is 21.6 Å². The largest absolute Gasteiger partial charge is 0.434 e. The highest BCUT2D eigenvalue weighted by molar-refractivity contribution is 9.10. The first-order valence-electron chi connectivity index (χ1n) is 5.22. The minimum atomic E-state index is -0.524. The fraction of sp³-hybridized carbons (Fsp3) is 0.0833. The molecule has 0 fully saturated rings. The van der Waals surface area contributed by atoms with Crippen molar-refractivity contribution in [3.8, 4) is 11.6 Å². The smallest absolute Gasteiger partial charge is 0.332 e. The number of pyridine rings is 1. The van der Waals surface area contributed by atoms with E-state index in [2.05, 4.69) is 20.9 Å². The van der Waals surface area contributed by atoms with Gasteiger partial charge in [-0.2, -0.15) is 0 Å². The Kier molecular flexibility index (Phi) is 4.39. The SMILES string of the molecule is CSc1ccc(Oc2ncc(Br)cc2[N+](=O)[O-])cc1. The highest BCUT2D eigenvalue weighted by atomic mass is 79.9. The zero-order valence-electron chi connectivity index (χ0n) is 9.87. The molecule has 0 aliphatic carbocycles. The number of hydrogen-bond donors (Lipinski definition) is 0. The van der Waals surface area contributed by atoms with Gasteiger partial charge in [0.1, 0.15) is 5.75 Å². The molecule has 0 unspecified atom stereocenters. The van der Waals surface area contributed by atoms with Crippen LogP contribution in [0, 0.1) is 10.1 Å². The molecule has 0 radical (unpaired) electrons. The van der Waals surface area contributed by atoms with Crippen molar-refractivity contribution in [2.24, 2.45) is 0 Å². The lowest BCUT2D eigenvalue weighted by Gasteiger charge is -2.05. The number of nitrogens with zero attached hydrogens (tertiary/aromatic N) is 2. The fourth-order valence-electron chi connectivity index (χ4n) is 1.38. The second-order valence-electron chi connectivity index (χ2n) is 3.51. The van der Waals surface area contributed by atoms with E-state index >= 15 is 0 Å². The summed E-state index contributed by atoms with van der Waals surface area (Å²) < 4.78 is 5.97. The molecule has 0 bridgehead atoms. The van der Waals surface area contributed by atoms with Crippen LogP contribution in [0.1, 0.15) is 0 Å². The van der Waals surface area contributed by atoms with Gasteiger partial charge in [0.05, 0.1) is 4.92 Å². The van der Waals surface area contributed by atoms with Crippen LogP contribution in [-0.2, 0) is 0 Å². The number of nitro groups is 1. The van der Waals surface area contributed by atoms with E-state index in [4.69, 9.17) is 4.74 Å². The molecule has 0 atom stereocenters. The standard InChI is InChI=1S/C12H9BrN2O3S/c1-19-10-4-2-9(3-5-10)18-12-11(15(16)17)6-8(13)7-14-12/h2-7H,1H3. The second kappa shape index (κ2) is 6.03. The lowest BCUT2D eigenvalue weighted by atomic mass is 10.3. The molecule has 2 aromatic rings. The van der Waals surface area contributed by atoms with Crippen molar-refractivity contribution in [2.45, 2.75) is 4.90 Å². The van der Waals surface area contributed by atoms with Crippen LogP contribution in [0.5, 0.6) is 11.6 Å². The maximum atomic E-state index is 10.9. The molecule has 5 nitrogen and oxygen atoms in total. The minimum Gasteiger partial charge on any atom is -0.434 e. The molecule has 0 aliphatic heterocycles. The van der Waals surface area contributed by atoms with Crippen LogP contribution in [0.2, 0.25) is 0 Å².